The molecule has 24 heavy (non-hydrogen) atoms. The molecule has 0 spiro atoms. The number of ether oxygens (including phenoxy) is 1. The van der Waals surface area contributed by atoms with Crippen molar-refractivity contribution in [1.82, 2.24) is 10.1 Å². The van der Waals surface area contributed by atoms with Gasteiger partial charge in [-0.25, -0.2) is 4.79 Å². The van der Waals surface area contributed by atoms with Gasteiger partial charge < -0.3 is 19.5 Å². The molecule has 0 radical (unpaired) electrons. The molecule has 1 aromatic heterocycles. The second-order valence-corrected chi connectivity index (χ2v) is 5.22. The second-order valence-electron chi connectivity index (χ2n) is 4.79. The van der Waals surface area contributed by atoms with E-state index >= 15 is 0 Å². The Morgan fingerprint density at radius 3 is 2.75 bits per heavy atom. The van der Waals surface area contributed by atoms with Crippen LogP contribution < -0.4 is 5.32 Å². The lowest BCUT2D eigenvalue weighted by Gasteiger charge is -2.15. The molecule has 2 aromatic rings. The number of hydrogen-bond acceptors (Lipinski definition) is 6. The third-order valence-electron chi connectivity index (χ3n) is 2.95. The highest BCUT2D eigenvalue weighted by Gasteiger charge is 2.21. The molecule has 8 nitrogen and oxygen atoms in total. The minimum Gasteiger partial charge on any atom is -0.463 e. The van der Waals surface area contributed by atoms with Crippen LogP contribution in [-0.2, 0) is 9.53 Å². The predicted octanol–water partition coefficient (Wildman–Crippen LogP) is 1.83. The molecule has 1 aromatic carbocycles. The summed E-state index contributed by atoms with van der Waals surface area (Å²) >= 11 is 5.83. The van der Waals surface area contributed by atoms with E-state index in [2.05, 4.69) is 15.2 Å². The van der Waals surface area contributed by atoms with Crippen LogP contribution in [0, 0.1) is 0 Å². The van der Waals surface area contributed by atoms with E-state index in [9.17, 15) is 14.4 Å². The largest absolute Gasteiger partial charge is 0.463 e. The Labute approximate surface area is 142 Å². The fourth-order valence-corrected chi connectivity index (χ4v) is 2.01. The molecule has 2 rings (SSSR count). The molecule has 0 aliphatic heterocycles. The lowest BCUT2D eigenvalue weighted by atomic mass is 10.3. The van der Waals surface area contributed by atoms with E-state index in [-0.39, 0.29) is 18.0 Å². The van der Waals surface area contributed by atoms with Crippen molar-refractivity contribution in [3.63, 3.8) is 0 Å². The van der Waals surface area contributed by atoms with Gasteiger partial charge in [-0.05, 0) is 18.2 Å². The summed E-state index contributed by atoms with van der Waals surface area (Å²) in [5.41, 5.74) is 0.413. The van der Waals surface area contributed by atoms with Gasteiger partial charge >= 0.3 is 5.97 Å². The van der Waals surface area contributed by atoms with Crippen molar-refractivity contribution in [2.24, 2.45) is 0 Å². The van der Waals surface area contributed by atoms with Crippen molar-refractivity contribution in [3.8, 4) is 0 Å². The molecule has 0 aliphatic carbocycles. The number of likely N-dealkylation sites (N-methyl/N-ethyl adjacent to an activating group) is 1. The first-order valence-corrected chi connectivity index (χ1v) is 7.14. The van der Waals surface area contributed by atoms with Gasteiger partial charge in [-0.1, -0.05) is 22.8 Å². The standard InChI is InChI=1S/C15H14ClN3O5/c1-19(8-13(20)17-10-5-3-4-9(16)6-10)14(21)11-7-12(24-18-11)15(22)23-2/h3-7H,8H2,1-2H3,(H,17,20). The van der Waals surface area contributed by atoms with Crippen molar-refractivity contribution in [2.45, 2.75) is 0 Å². The zero-order chi connectivity index (χ0) is 17.7. The SMILES string of the molecule is COC(=O)c1cc(C(=O)N(C)CC(=O)Nc2cccc(Cl)c2)no1. The van der Waals surface area contributed by atoms with Gasteiger partial charge in [-0.3, -0.25) is 9.59 Å². The van der Waals surface area contributed by atoms with Gasteiger partial charge in [0.15, 0.2) is 5.69 Å². The van der Waals surface area contributed by atoms with Gasteiger partial charge in [0.25, 0.3) is 5.91 Å². The quantitative estimate of drug-likeness (QED) is 0.824. The number of rotatable bonds is 5. The highest BCUT2D eigenvalue weighted by atomic mass is 35.5. The lowest BCUT2D eigenvalue weighted by Crippen LogP contribution is -2.35. The van der Waals surface area contributed by atoms with Crippen molar-refractivity contribution < 1.29 is 23.6 Å². The molecular weight excluding hydrogens is 338 g/mol. The van der Waals surface area contributed by atoms with Crippen LogP contribution in [0.1, 0.15) is 21.0 Å². The zero-order valence-corrected chi connectivity index (χ0v) is 13.7. The van der Waals surface area contributed by atoms with Crippen LogP contribution in [0.5, 0.6) is 0 Å². The van der Waals surface area contributed by atoms with E-state index in [1.54, 1.807) is 24.3 Å². The van der Waals surface area contributed by atoms with Crippen LogP contribution in [0.4, 0.5) is 5.69 Å². The van der Waals surface area contributed by atoms with Crippen LogP contribution >= 0.6 is 11.6 Å². The first kappa shape index (κ1) is 17.5. The van der Waals surface area contributed by atoms with Gasteiger partial charge in [0.05, 0.1) is 13.7 Å². The monoisotopic (exact) mass is 351 g/mol. The van der Waals surface area contributed by atoms with E-state index in [4.69, 9.17) is 16.1 Å². The molecule has 0 aliphatic rings. The van der Waals surface area contributed by atoms with Gasteiger partial charge in [-0.15, -0.1) is 0 Å². The minimum absolute atomic E-state index is 0.103. The Morgan fingerprint density at radius 1 is 1.33 bits per heavy atom. The van der Waals surface area contributed by atoms with Gasteiger partial charge in [-0.2, -0.15) is 0 Å². The van der Waals surface area contributed by atoms with Gasteiger partial charge in [0.2, 0.25) is 11.7 Å². The number of benzene rings is 1. The first-order chi connectivity index (χ1) is 11.4. The smallest absolute Gasteiger partial charge is 0.376 e. The summed E-state index contributed by atoms with van der Waals surface area (Å²) < 4.78 is 9.17. The van der Waals surface area contributed by atoms with Crippen LogP contribution in [0.3, 0.4) is 0 Å². The molecular formula is C15H14ClN3O5. The summed E-state index contributed by atoms with van der Waals surface area (Å²) in [7, 11) is 2.60. The van der Waals surface area contributed by atoms with Crippen molar-refractivity contribution in [3.05, 3.63) is 46.8 Å². The molecule has 1 N–H and O–H groups in total. The highest BCUT2D eigenvalue weighted by molar-refractivity contribution is 6.30. The number of nitrogens with one attached hydrogen (secondary N) is 1. The van der Waals surface area contributed by atoms with Gasteiger partial charge in [0.1, 0.15) is 0 Å². The summed E-state index contributed by atoms with van der Waals surface area (Å²) in [6, 6.07) is 7.78. The minimum atomic E-state index is -0.747. The molecule has 126 valence electrons. The highest BCUT2D eigenvalue weighted by Crippen LogP contribution is 2.15. The fraction of sp³-hybridized carbons (Fsp3) is 0.200. The molecule has 9 heteroatoms. The number of carbonyl (C=O) groups excluding carboxylic acids is 3. The third-order valence-corrected chi connectivity index (χ3v) is 3.19. The summed E-state index contributed by atoms with van der Waals surface area (Å²) in [6.07, 6.45) is 0. The summed E-state index contributed by atoms with van der Waals surface area (Å²) in [6.45, 7) is -0.217. The zero-order valence-electron chi connectivity index (χ0n) is 12.9. The van der Waals surface area contributed by atoms with Crippen LogP contribution in [-0.4, -0.2) is 48.5 Å². The van der Waals surface area contributed by atoms with E-state index in [1.165, 1.54) is 14.2 Å². The molecule has 0 unspecified atom stereocenters. The molecule has 0 atom stereocenters. The van der Waals surface area contributed by atoms with Crippen LogP contribution in [0.25, 0.3) is 0 Å². The van der Waals surface area contributed by atoms with Crippen molar-refractivity contribution >= 4 is 35.1 Å². The number of hydrogen-bond donors (Lipinski definition) is 1. The number of esters is 1. The van der Waals surface area contributed by atoms with E-state index in [0.29, 0.717) is 10.7 Å². The van der Waals surface area contributed by atoms with Crippen LogP contribution in [0.15, 0.2) is 34.9 Å². The molecule has 0 fully saturated rings. The Kier molecular flexibility index (Phi) is 5.54. The first-order valence-electron chi connectivity index (χ1n) is 6.76. The number of halogens is 1. The van der Waals surface area contributed by atoms with E-state index in [0.717, 1.165) is 11.0 Å². The van der Waals surface area contributed by atoms with E-state index in [1.807, 2.05) is 0 Å². The second kappa shape index (κ2) is 7.60. The molecule has 0 bridgehead atoms. The Balaban J connectivity index is 1.97. The average molecular weight is 352 g/mol. The molecule has 2 amide bonds. The summed E-state index contributed by atoms with van der Waals surface area (Å²) in [5, 5.41) is 6.59. The summed E-state index contributed by atoms with van der Waals surface area (Å²) in [4.78, 5) is 36.5. The number of amides is 2. The third kappa shape index (κ3) is 4.32. The van der Waals surface area contributed by atoms with E-state index < -0.39 is 17.8 Å². The van der Waals surface area contributed by atoms with Crippen molar-refractivity contribution in [2.75, 3.05) is 26.0 Å². The molecule has 1 heterocycles. The maximum Gasteiger partial charge on any atom is 0.376 e. The van der Waals surface area contributed by atoms with Crippen molar-refractivity contribution in [1.29, 1.82) is 0 Å². The lowest BCUT2D eigenvalue weighted by molar-refractivity contribution is -0.116. The molecule has 0 saturated carbocycles. The number of methoxy groups -OCH3 is 1. The molecule has 0 saturated heterocycles. The average Bonchev–Trinajstić information content (AvgIpc) is 3.03. The summed E-state index contributed by atoms with van der Waals surface area (Å²) in [5.74, 6) is -1.93. The topological polar surface area (TPSA) is 102 Å². The normalized spacial score (nSPS) is 10.1. The number of nitrogens with zero attached hydrogens (tertiary/aromatic N) is 2. The predicted molar refractivity (Wildman–Crippen MR) is 84.9 cm³/mol. The fourth-order valence-electron chi connectivity index (χ4n) is 1.82. The Morgan fingerprint density at radius 2 is 2.08 bits per heavy atom. The Hall–Kier alpha value is -2.87. The van der Waals surface area contributed by atoms with Gasteiger partial charge in [0, 0.05) is 23.8 Å². The van der Waals surface area contributed by atoms with Crippen LogP contribution in [0.2, 0.25) is 5.02 Å². The maximum absolute atomic E-state index is 12.2. The Bertz CT molecular complexity index is 774. The number of carbonyl (C=O) groups is 3. The number of aromatic nitrogens is 1. The maximum atomic E-state index is 12.2. The number of anilines is 1.